The largest absolute Gasteiger partial charge is 0.465 e. The van der Waals surface area contributed by atoms with Gasteiger partial charge in [0.25, 0.3) is 5.91 Å². The molecule has 33 heavy (non-hydrogen) atoms. The number of esters is 1. The molecule has 1 aliphatic rings. The molecule has 1 atom stereocenters. The summed E-state index contributed by atoms with van der Waals surface area (Å²) >= 11 is 0. The van der Waals surface area contributed by atoms with Crippen LogP contribution in [-0.4, -0.2) is 43.1 Å². The molecule has 172 valence electrons. The SMILES string of the molecule is COC(=O)c1ccc([C@@H]2c3c(oc4ccc(C)cc4c3=O)C(=O)N2CCCOC(C)C)cc1. The van der Waals surface area contributed by atoms with Crippen LogP contribution in [0.2, 0.25) is 0 Å². The van der Waals surface area contributed by atoms with Crippen LogP contribution in [-0.2, 0) is 9.47 Å². The first-order valence-electron chi connectivity index (χ1n) is 11.0. The molecule has 2 heterocycles. The average molecular weight is 450 g/mol. The third-order valence-electron chi connectivity index (χ3n) is 5.76. The molecule has 0 unspecified atom stereocenters. The molecule has 0 aliphatic carbocycles. The van der Waals surface area contributed by atoms with Gasteiger partial charge in [-0.3, -0.25) is 9.59 Å². The standard InChI is InChI=1S/C26H27NO6/c1-15(2)32-13-5-12-27-22(17-7-9-18(10-8-17)26(30)31-4)21-23(28)19-14-16(3)6-11-20(19)33-24(21)25(27)29/h6-11,14-15,22H,5,12-13H2,1-4H3/t22-/m1/s1. The van der Waals surface area contributed by atoms with Gasteiger partial charge in [0, 0.05) is 13.2 Å². The van der Waals surface area contributed by atoms with Gasteiger partial charge in [0.15, 0.2) is 5.43 Å². The molecule has 4 rings (SSSR count). The maximum atomic E-state index is 13.6. The minimum Gasteiger partial charge on any atom is -0.465 e. The van der Waals surface area contributed by atoms with Gasteiger partial charge in [-0.25, -0.2) is 4.79 Å². The fourth-order valence-electron chi connectivity index (χ4n) is 4.18. The summed E-state index contributed by atoms with van der Waals surface area (Å²) in [5.74, 6) is -0.701. The highest BCUT2D eigenvalue weighted by Crippen LogP contribution is 2.38. The highest BCUT2D eigenvalue weighted by Gasteiger charge is 2.42. The normalized spacial score (nSPS) is 15.4. The van der Waals surface area contributed by atoms with Gasteiger partial charge >= 0.3 is 5.97 Å². The number of ether oxygens (including phenoxy) is 2. The summed E-state index contributed by atoms with van der Waals surface area (Å²) < 4.78 is 16.4. The van der Waals surface area contributed by atoms with Gasteiger partial charge in [-0.2, -0.15) is 0 Å². The van der Waals surface area contributed by atoms with Gasteiger partial charge in [-0.15, -0.1) is 0 Å². The van der Waals surface area contributed by atoms with E-state index in [9.17, 15) is 14.4 Å². The van der Waals surface area contributed by atoms with Crippen LogP contribution in [0.1, 0.15) is 63.9 Å². The van der Waals surface area contributed by atoms with E-state index in [0.29, 0.717) is 41.7 Å². The number of hydrogen-bond donors (Lipinski definition) is 0. The number of hydrogen-bond acceptors (Lipinski definition) is 6. The molecule has 0 radical (unpaired) electrons. The highest BCUT2D eigenvalue weighted by molar-refractivity contribution is 5.99. The number of carbonyl (C=O) groups excluding carboxylic acids is 2. The number of nitrogens with zero attached hydrogens (tertiary/aromatic N) is 1. The fraction of sp³-hybridized carbons (Fsp3) is 0.346. The van der Waals surface area contributed by atoms with E-state index in [1.54, 1.807) is 41.3 Å². The number of benzene rings is 2. The molecule has 0 saturated carbocycles. The molecule has 1 aliphatic heterocycles. The Morgan fingerprint density at radius 1 is 1.12 bits per heavy atom. The van der Waals surface area contributed by atoms with Crippen molar-refractivity contribution in [2.24, 2.45) is 0 Å². The topological polar surface area (TPSA) is 86.0 Å². The minimum absolute atomic E-state index is 0.0724. The number of carbonyl (C=O) groups is 2. The summed E-state index contributed by atoms with van der Waals surface area (Å²) in [5.41, 5.74) is 2.55. The van der Waals surface area contributed by atoms with Crippen molar-refractivity contribution in [3.05, 3.63) is 80.7 Å². The van der Waals surface area contributed by atoms with Gasteiger partial charge in [-0.05, 0) is 57.0 Å². The Kier molecular flexibility index (Phi) is 6.33. The molecule has 0 fully saturated rings. The van der Waals surface area contributed by atoms with Gasteiger partial charge in [0.2, 0.25) is 5.76 Å². The summed E-state index contributed by atoms with van der Waals surface area (Å²) in [6.45, 7) is 6.71. The van der Waals surface area contributed by atoms with Crippen LogP contribution in [0.5, 0.6) is 0 Å². The first-order chi connectivity index (χ1) is 15.8. The maximum absolute atomic E-state index is 13.6. The van der Waals surface area contributed by atoms with Gasteiger partial charge in [0.1, 0.15) is 5.58 Å². The first kappa shape index (κ1) is 22.7. The van der Waals surface area contributed by atoms with E-state index in [0.717, 1.165) is 11.1 Å². The fourth-order valence-corrected chi connectivity index (χ4v) is 4.18. The van der Waals surface area contributed by atoms with Gasteiger partial charge in [-0.1, -0.05) is 23.8 Å². The summed E-state index contributed by atoms with van der Waals surface area (Å²) in [6.07, 6.45) is 0.705. The minimum atomic E-state index is -0.612. The average Bonchev–Trinajstić information content (AvgIpc) is 3.08. The van der Waals surface area contributed by atoms with Gasteiger partial charge in [0.05, 0.1) is 35.8 Å². The van der Waals surface area contributed by atoms with Crippen molar-refractivity contribution in [1.29, 1.82) is 0 Å². The zero-order chi connectivity index (χ0) is 23.7. The Labute approximate surface area is 191 Å². The third kappa shape index (κ3) is 4.28. The number of methoxy groups -OCH3 is 1. The number of aryl methyl sites for hydroxylation is 1. The zero-order valence-electron chi connectivity index (χ0n) is 19.2. The molecule has 1 aromatic heterocycles. The number of amides is 1. The number of rotatable bonds is 7. The quantitative estimate of drug-likeness (QED) is 0.396. The highest BCUT2D eigenvalue weighted by atomic mass is 16.5. The van der Waals surface area contributed by atoms with E-state index in [-0.39, 0.29) is 23.2 Å². The van der Waals surface area contributed by atoms with Gasteiger partial charge < -0.3 is 18.8 Å². The Balaban J connectivity index is 1.80. The van der Waals surface area contributed by atoms with E-state index >= 15 is 0 Å². The lowest BCUT2D eigenvalue weighted by molar-refractivity contribution is 0.0585. The lowest BCUT2D eigenvalue weighted by atomic mass is 9.97. The molecule has 1 amide bonds. The first-order valence-corrected chi connectivity index (χ1v) is 11.0. The molecule has 0 bridgehead atoms. The van der Waals surface area contributed by atoms with E-state index in [4.69, 9.17) is 13.9 Å². The number of fused-ring (bicyclic) bond motifs is 2. The second-order valence-electron chi connectivity index (χ2n) is 8.46. The van der Waals surface area contributed by atoms with E-state index < -0.39 is 12.0 Å². The smallest absolute Gasteiger partial charge is 0.337 e. The monoisotopic (exact) mass is 449 g/mol. The summed E-state index contributed by atoms with van der Waals surface area (Å²) in [5, 5.41) is 0.447. The van der Waals surface area contributed by atoms with Crippen LogP contribution < -0.4 is 5.43 Å². The molecule has 2 aromatic carbocycles. The summed E-state index contributed by atoms with van der Waals surface area (Å²) in [6, 6.07) is 11.5. The Bertz CT molecular complexity index is 1260. The van der Waals surface area contributed by atoms with Crippen molar-refractivity contribution >= 4 is 22.8 Å². The second-order valence-corrected chi connectivity index (χ2v) is 8.46. The van der Waals surface area contributed by atoms with Crippen LogP contribution in [0.4, 0.5) is 0 Å². The van der Waals surface area contributed by atoms with Crippen molar-refractivity contribution < 1.29 is 23.5 Å². The Hall–Kier alpha value is -3.45. The molecule has 7 nitrogen and oxygen atoms in total. The van der Waals surface area contributed by atoms with Crippen LogP contribution in [0.25, 0.3) is 11.0 Å². The summed E-state index contributed by atoms with van der Waals surface area (Å²) in [4.78, 5) is 40.4. The predicted octanol–water partition coefficient (Wildman–Crippen LogP) is 4.25. The molecule has 0 N–H and O–H groups in total. The molecular weight excluding hydrogens is 422 g/mol. The van der Waals surface area contributed by atoms with Crippen molar-refractivity contribution in [1.82, 2.24) is 4.90 Å². The van der Waals surface area contributed by atoms with Crippen molar-refractivity contribution in [2.75, 3.05) is 20.3 Å². The second kappa shape index (κ2) is 9.19. The van der Waals surface area contributed by atoms with E-state index in [1.165, 1.54) is 7.11 Å². The summed E-state index contributed by atoms with van der Waals surface area (Å²) in [7, 11) is 1.32. The van der Waals surface area contributed by atoms with Crippen molar-refractivity contribution in [2.45, 2.75) is 39.3 Å². The third-order valence-corrected chi connectivity index (χ3v) is 5.76. The van der Waals surface area contributed by atoms with E-state index in [1.807, 2.05) is 26.8 Å². The zero-order valence-corrected chi connectivity index (χ0v) is 19.2. The van der Waals surface area contributed by atoms with Crippen LogP contribution in [0.15, 0.2) is 51.7 Å². The predicted molar refractivity (Wildman–Crippen MR) is 124 cm³/mol. The van der Waals surface area contributed by atoms with Crippen LogP contribution >= 0.6 is 0 Å². The van der Waals surface area contributed by atoms with Crippen LogP contribution in [0.3, 0.4) is 0 Å². The lowest BCUT2D eigenvalue weighted by Gasteiger charge is -2.25. The molecule has 7 heteroatoms. The van der Waals surface area contributed by atoms with Crippen LogP contribution in [0, 0.1) is 6.92 Å². The molecule has 3 aromatic rings. The maximum Gasteiger partial charge on any atom is 0.337 e. The molecular formula is C26H27NO6. The Morgan fingerprint density at radius 2 is 1.85 bits per heavy atom. The Morgan fingerprint density at radius 3 is 2.52 bits per heavy atom. The molecule has 0 spiro atoms. The lowest BCUT2D eigenvalue weighted by Crippen LogP contribution is -2.31. The molecule has 0 saturated heterocycles. The van der Waals surface area contributed by atoms with Crippen molar-refractivity contribution in [3.63, 3.8) is 0 Å². The van der Waals surface area contributed by atoms with E-state index in [2.05, 4.69) is 0 Å². The van der Waals surface area contributed by atoms with Crippen molar-refractivity contribution in [3.8, 4) is 0 Å².